The smallest absolute Gasteiger partial charge is 0.119 e. The third-order valence-corrected chi connectivity index (χ3v) is 4.66. The monoisotopic (exact) mass is 291 g/mol. The molecule has 1 aromatic carbocycles. The maximum absolute atomic E-state index is 6.32. The second-order valence-corrected chi connectivity index (χ2v) is 6.20. The molecule has 1 fully saturated rings. The first-order valence-electron chi connectivity index (χ1n) is 8.10. The first-order valence-corrected chi connectivity index (χ1v) is 8.10. The van der Waals surface area contributed by atoms with Crippen LogP contribution in [0.3, 0.4) is 0 Å². The topological polar surface area (TPSA) is 30.5 Å². The molecule has 3 heteroatoms. The Morgan fingerprint density at radius 1 is 1.43 bits per heavy atom. The molecule has 21 heavy (non-hydrogen) atoms. The van der Waals surface area contributed by atoms with Crippen molar-refractivity contribution in [1.29, 1.82) is 0 Å². The van der Waals surface area contributed by atoms with E-state index in [4.69, 9.17) is 9.47 Å². The van der Waals surface area contributed by atoms with Crippen molar-refractivity contribution in [3.63, 3.8) is 0 Å². The number of hydrogen-bond donors (Lipinski definition) is 1. The molecule has 0 bridgehead atoms. The largest absolute Gasteiger partial charge is 0.497 e. The van der Waals surface area contributed by atoms with Crippen molar-refractivity contribution in [2.24, 2.45) is 5.92 Å². The van der Waals surface area contributed by atoms with Gasteiger partial charge in [-0.1, -0.05) is 31.9 Å². The van der Waals surface area contributed by atoms with Gasteiger partial charge in [0, 0.05) is 6.61 Å². The zero-order valence-corrected chi connectivity index (χ0v) is 13.8. The number of ether oxygens (including phenoxy) is 2. The molecular formula is C18H29NO2. The third kappa shape index (κ3) is 3.58. The molecule has 1 N–H and O–H groups in total. The van der Waals surface area contributed by atoms with Crippen LogP contribution in [0.2, 0.25) is 0 Å². The highest BCUT2D eigenvalue weighted by Crippen LogP contribution is 2.44. The SMILES string of the molecule is CCOC1(C(NC)c2cccc(OC)c2)CCCC(C)C1. The molecule has 0 amide bonds. The van der Waals surface area contributed by atoms with E-state index in [-0.39, 0.29) is 11.6 Å². The quantitative estimate of drug-likeness (QED) is 0.861. The number of nitrogens with one attached hydrogen (secondary N) is 1. The van der Waals surface area contributed by atoms with Gasteiger partial charge >= 0.3 is 0 Å². The number of methoxy groups -OCH3 is 1. The Labute approximate surface area is 129 Å². The maximum atomic E-state index is 6.32. The molecule has 0 saturated heterocycles. The molecule has 3 nitrogen and oxygen atoms in total. The minimum atomic E-state index is -0.104. The van der Waals surface area contributed by atoms with E-state index in [0.29, 0.717) is 5.92 Å². The zero-order chi connectivity index (χ0) is 15.3. The molecule has 2 rings (SSSR count). The van der Waals surface area contributed by atoms with Crippen LogP contribution >= 0.6 is 0 Å². The van der Waals surface area contributed by atoms with Crippen molar-refractivity contribution in [3.8, 4) is 5.75 Å². The van der Waals surface area contributed by atoms with Crippen LogP contribution in [0.25, 0.3) is 0 Å². The fraction of sp³-hybridized carbons (Fsp3) is 0.667. The van der Waals surface area contributed by atoms with E-state index in [1.807, 2.05) is 13.1 Å². The molecule has 3 unspecified atom stereocenters. The Hall–Kier alpha value is -1.06. The molecule has 1 aliphatic carbocycles. The number of benzene rings is 1. The van der Waals surface area contributed by atoms with E-state index in [1.165, 1.54) is 18.4 Å². The van der Waals surface area contributed by atoms with Gasteiger partial charge in [-0.15, -0.1) is 0 Å². The molecule has 1 aromatic rings. The van der Waals surface area contributed by atoms with E-state index >= 15 is 0 Å². The lowest BCUT2D eigenvalue weighted by molar-refractivity contribution is -0.100. The van der Waals surface area contributed by atoms with Crippen molar-refractivity contribution in [2.75, 3.05) is 20.8 Å². The van der Waals surface area contributed by atoms with Crippen LogP contribution < -0.4 is 10.1 Å². The van der Waals surface area contributed by atoms with Gasteiger partial charge in [0.25, 0.3) is 0 Å². The number of likely N-dealkylation sites (N-methyl/N-ethyl adjacent to an activating group) is 1. The minimum absolute atomic E-state index is 0.104. The lowest BCUT2D eigenvalue weighted by Gasteiger charge is -2.45. The minimum Gasteiger partial charge on any atom is -0.497 e. The van der Waals surface area contributed by atoms with Gasteiger partial charge in [-0.3, -0.25) is 0 Å². The lowest BCUT2D eigenvalue weighted by Crippen LogP contribution is -2.48. The van der Waals surface area contributed by atoms with E-state index in [9.17, 15) is 0 Å². The molecule has 1 saturated carbocycles. The number of rotatable bonds is 6. The van der Waals surface area contributed by atoms with Crippen molar-refractivity contribution >= 4 is 0 Å². The summed E-state index contributed by atoms with van der Waals surface area (Å²) in [6.45, 7) is 5.19. The summed E-state index contributed by atoms with van der Waals surface area (Å²) in [6, 6.07) is 8.55. The van der Waals surface area contributed by atoms with Crippen LogP contribution in [0.15, 0.2) is 24.3 Å². The molecule has 1 aliphatic rings. The summed E-state index contributed by atoms with van der Waals surface area (Å²) in [6.07, 6.45) is 4.78. The summed E-state index contributed by atoms with van der Waals surface area (Å²) in [5.41, 5.74) is 1.15. The van der Waals surface area contributed by atoms with E-state index in [2.05, 4.69) is 37.4 Å². The van der Waals surface area contributed by atoms with Crippen LogP contribution in [-0.4, -0.2) is 26.4 Å². The lowest BCUT2D eigenvalue weighted by atomic mass is 9.72. The fourth-order valence-corrected chi connectivity index (χ4v) is 3.86. The summed E-state index contributed by atoms with van der Waals surface area (Å²) < 4.78 is 11.7. The van der Waals surface area contributed by atoms with Gasteiger partial charge in [-0.2, -0.15) is 0 Å². The maximum Gasteiger partial charge on any atom is 0.119 e. The first kappa shape index (κ1) is 16.3. The van der Waals surface area contributed by atoms with Gasteiger partial charge in [-0.05, 0) is 50.4 Å². The molecule has 0 spiro atoms. The predicted molar refractivity (Wildman–Crippen MR) is 86.8 cm³/mol. The van der Waals surface area contributed by atoms with Crippen LogP contribution in [-0.2, 0) is 4.74 Å². The average molecular weight is 291 g/mol. The summed E-state index contributed by atoms with van der Waals surface area (Å²) in [5, 5.41) is 3.51. The molecule has 118 valence electrons. The number of hydrogen-bond acceptors (Lipinski definition) is 3. The highest BCUT2D eigenvalue weighted by molar-refractivity contribution is 5.32. The Kier molecular flexibility index (Phi) is 5.65. The first-order chi connectivity index (χ1) is 10.1. The Balaban J connectivity index is 2.34. The van der Waals surface area contributed by atoms with Gasteiger partial charge in [0.1, 0.15) is 5.75 Å². The van der Waals surface area contributed by atoms with Crippen LogP contribution in [0.5, 0.6) is 5.75 Å². The standard InChI is InChI=1S/C18H29NO2/c1-5-21-18(11-7-8-14(2)13-18)17(19-3)15-9-6-10-16(12-15)20-4/h6,9-10,12,14,17,19H,5,7-8,11,13H2,1-4H3. The van der Waals surface area contributed by atoms with Crippen molar-refractivity contribution in [2.45, 2.75) is 51.2 Å². The molecule has 0 aliphatic heterocycles. The summed E-state index contributed by atoms with van der Waals surface area (Å²) in [4.78, 5) is 0. The second-order valence-electron chi connectivity index (χ2n) is 6.20. The predicted octanol–water partition coefficient (Wildman–Crippen LogP) is 3.94. The molecule has 3 atom stereocenters. The fourth-order valence-electron chi connectivity index (χ4n) is 3.86. The van der Waals surface area contributed by atoms with Crippen molar-refractivity contribution in [3.05, 3.63) is 29.8 Å². The van der Waals surface area contributed by atoms with Crippen molar-refractivity contribution < 1.29 is 9.47 Å². The van der Waals surface area contributed by atoms with Gasteiger partial charge in [0.2, 0.25) is 0 Å². The van der Waals surface area contributed by atoms with Crippen LogP contribution in [0.4, 0.5) is 0 Å². The highest BCUT2D eigenvalue weighted by atomic mass is 16.5. The van der Waals surface area contributed by atoms with E-state index in [0.717, 1.165) is 25.2 Å². The summed E-state index contributed by atoms with van der Waals surface area (Å²) in [5.74, 6) is 1.62. The zero-order valence-electron chi connectivity index (χ0n) is 13.8. The highest BCUT2D eigenvalue weighted by Gasteiger charge is 2.42. The Morgan fingerprint density at radius 3 is 2.86 bits per heavy atom. The molecule has 0 aromatic heterocycles. The Bertz CT molecular complexity index is 445. The van der Waals surface area contributed by atoms with E-state index in [1.54, 1.807) is 7.11 Å². The van der Waals surface area contributed by atoms with Gasteiger partial charge in [0.05, 0.1) is 18.8 Å². The molecule has 0 heterocycles. The van der Waals surface area contributed by atoms with Crippen molar-refractivity contribution in [1.82, 2.24) is 5.32 Å². The Morgan fingerprint density at radius 2 is 2.24 bits per heavy atom. The van der Waals surface area contributed by atoms with Gasteiger partial charge < -0.3 is 14.8 Å². The van der Waals surface area contributed by atoms with Crippen LogP contribution in [0.1, 0.15) is 51.1 Å². The molecule has 0 radical (unpaired) electrons. The van der Waals surface area contributed by atoms with Gasteiger partial charge in [-0.25, -0.2) is 0 Å². The second kappa shape index (κ2) is 7.28. The van der Waals surface area contributed by atoms with Crippen LogP contribution in [0, 0.1) is 5.92 Å². The van der Waals surface area contributed by atoms with Gasteiger partial charge in [0.15, 0.2) is 0 Å². The summed E-state index contributed by atoms with van der Waals surface area (Å²) in [7, 11) is 3.75. The molecular weight excluding hydrogens is 262 g/mol. The average Bonchev–Trinajstić information content (AvgIpc) is 2.48. The summed E-state index contributed by atoms with van der Waals surface area (Å²) >= 11 is 0. The third-order valence-electron chi connectivity index (χ3n) is 4.66. The van der Waals surface area contributed by atoms with E-state index < -0.39 is 0 Å². The normalized spacial score (nSPS) is 27.3.